The van der Waals surface area contributed by atoms with Gasteiger partial charge in [-0.3, -0.25) is 10.2 Å². The number of sulfone groups is 1. The highest BCUT2D eigenvalue weighted by Gasteiger charge is 2.41. The maximum Gasteiger partial charge on any atom is 0.283 e. The van der Waals surface area contributed by atoms with Crippen LogP contribution in [0, 0.1) is 11.2 Å². The largest absolute Gasteiger partial charge is 0.490 e. The molecule has 1 N–H and O–H groups in total. The molecule has 2 aliphatic rings. The summed E-state index contributed by atoms with van der Waals surface area (Å²) >= 11 is 7.16. The molecule has 0 spiro atoms. The molecular formula is C22H18ClFN4O5S2. The van der Waals surface area contributed by atoms with Gasteiger partial charge in [0.05, 0.1) is 29.2 Å². The van der Waals surface area contributed by atoms with Gasteiger partial charge in [0.15, 0.2) is 11.5 Å². The fraction of sp³-hybridized carbons (Fsp3) is 0.182. The van der Waals surface area contributed by atoms with Crippen molar-refractivity contribution in [3.8, 4) is 11.5 Å². The lowest BCUT2D eigenvalue weighted by atomic mass is 10.1. The zero-order chi connectivity index (χ0) is 25.3. The lowest BCUT2D eigenvalue weighted by molar-refractivity contribution is -0.114. The summed E-state index contributed by atoms with van der Waals surface area (Å²) in [6.07, 6.45) is 2.33. The topological polar surface area (TPSA) is 121 Å². The van der Waals surface area contributed by atoms with Gasteiger partial charge in [-0.05, 0) is 48.4 Å². The first-order chi connectivity index (χ1) is 16.6. The van der Waals surface area contributed by atoms with Crippen LogP contribution in [0.1, 0.15) is 18.1 Å². The van der Waals surface area contributed by atoms with Gasteiger partial charge in [-0.1, -0.05) is 23.7 Å². The van der Waals surface area contributed by atoms with E-state index in [1.165, 1.54) is 24.3 Å². The smallest absolute Gasteiger partial charge is 0.283 e. The molecule has 0 atom stereocenters. The molecule has 35 heavy (non-hydrogen) atoms. The maximum atomic E-state index is 13.1. The monoisotopic (exact) mass is 536 g/mol. The lowest BCUT2D eigenvalue weighted by Crippen LogP contribution is -2.45. The molecule has 2 aromatic carbocycles. The van der Waals surface area contributed by atoms with Gasteiger partial charge in [0.2, 0.25) is 20.2 Å². The molecule has 0 radical (unpaired) electrons. The van der Waals surface area contributed by atoms with Crippen LogP contribution in [0.5, 0.6) is 11.5 Å². The van der Waals surface area contributed by atoms with Crippen LogP contribution in [0.25, 0.3) is 6.08 Å². The molecule has 2 heterocycles. The number of amidine groups is 3. The SMILES string of the molecule is CCOc1cc(/C=C2/C(=N)N3C(=NC2=O)SN=C3S(C)(=O)=O)cc(Cl)c1OCc1ccc(F)cc1. The summed E-state index contributed by atoms with van der Waals surface area (Å²) in [7, 11) is -3.76. The van der Waals surface area contributed by atoms with E-state index in [0.29, 0.717) is 29.9 Å². The Kier molecular flexibility index (Phi) is 6.97. The van der Waals surface area contributed by atoms with Gasteiger partial charge in [-0.25, -0.2) is 17.7 Å². The number of nitrogens with one attached hydrogen (secondary N) is 1. The Balaban J connectivity index is 1.66. The van der Waals surface area contributed by atoms with Gasteiger partial charge < -0.3 is 9.47 Å². The van der Waals surface area contributed by atoms with Gasteiger partial charge in [0.1, 0.15) is 18.3 Å². The summed E-state index contributed by atoms with van der Waals surface area (Å²) in [5, 5.41) is 8.25. The van der Waals surface area contributed by atoms with E-state index < -0.39 is 15.7 Å². The van der Waals surface area contributed by atoms with Crippen molar-refractivity contribution >= 4 is 61.5 Å². The van der Waals surface area contributed by atoms with E-state index in [-0.39, 0.29) is 44.9 Å². The Labute approximate surface area is 209 Å². The fourth-order valence-electron chi connectivity index (χ4n) is 3.21. The molecule has 182 valence electrons. The normalized spacial score (nSPS) is 16.8. The van der Waals surface area contributed by atoms with E-state index in [2.05, 4.69) is 9.39 Å². The number of carbonyl (C=O) groups excluding carboxylic acids is 1. The Morgan fingerprint density at radius 3 is 2.60 bits per heavy atom. The molecule has 2 aromatic rings. The minimum atomic E-state index is -3.76. The van der Waals surface area contributed by atoms with E-state index in [4.69, 9.17) is 26.5 Å². The van der Waals surface area contributed by atoms with Crippen LogP contribution in [0.4, 0.5) is 4.39 Å². The predicted octanol–water partition coefficient (Wildman–Crippen LogP) is 4.08. The van der Waals surface area contributed by atoms with Crippen molar-refractivity contribution < 1.29 is 27.1 Å². The van der Waals surface area contributed by atoms with Crippen LogP contribution >= 0.6 is 23.5 Å². The van der Waals surface area contributed by atoms with Crippen molar-refractivity contribution in [1.82, 2.24) is 4.90 Å². The van der Waals surface area contributed by atoms with Gasteiger partial charge in [0, 0.05) is 6.26 Å². The van der Waals surface area contributed by atoms with Crippen molar-refractivity contribution in [1.29, 1.82) is 5.41 Å². The molecule has 13 heteroatoms. The number of amides is 1. The van der Waals surface area contributed by atoms with Crippen molar-refractivity contribution in [2.24, 2.45) is 9.39 Å². The van der Waals surface area contributed by atoms with Gasteiger partial charge in [0.25, 0.3) is 5.91 Å². The van der Waals surface area contributed by atoms with Crippen LogP contribution in [0.3, 0.4) is 0 Å². The van der Waals surface area contributed by atoms with Crippen molar-refractivity contribution in [2.75, 3.05) is 12.9 Å². The van der Waals surface area contributed by atoms with Gasteiger partial charge >= 0.3 is 0 Å². The quantitative estimate of drug-likeness (QED) is 0.436. The molecule has 0 saturated carbocycles. The zero-order valence-electron chi connectivity index (χ0n) is 18.4. The molecule has 0 aromatic heterocycles. The summed E-state index contributed by atoms with van der Waals surface area (Å²) in [4.78, 5) is 17.5. The summed E-state index contributed by atoms with van der Waals surface area (Å²) in [6.45, 7) is 2.18. The summed E-state index contributed by atoms with van der Waals surface area (Å²) in [5.74, 6) is -0.902. The number of hydrogen-bond donors (Lipinski definition) is 1. The Morgan fingerprint density at radius 2 is 1.94 bits per heavy atom. The molecule has 4 rings (SSSR count). The van der Waals surface area contributed by atoms with Crippen LogP contribution < -0.4 is 9.47 Å². The summed E-state index contributed by atoms with van der Waals surface area (Å²) < 4.78 is 52.6. The fourth-order valence-corrected chi connectivity index (χ4v) is 5.33. The standard InChI is InChI=1S/C22H18ClFN4O5S2/c1-3-32-17-10-13(9-16(23)18(17)33-11-12-4-6-14(24)7-5-12)8-15-19(25)28-21(26-20(15)29)34-27-22(28)35(2,30)31/h4-10,25H,3,11H2,1-2H3/b15-8-,25-19?. The van der Waals surface area contributed by atoms with Crippen molar-refractivity contribution in [3.63, 3.8) is 0 Å². The molecule has 0 bridgehead atoms. The van der Waals surface area contributed by atoms with Gasteiger partial charge in [-0.2, -0.15) is 9.39 Å². The third kappa shape index (κ3) is 5.24. The first kappa shape index (κ1) is 24.9. The predicted molar refractivity (Wildman–Crippen MR) is 133 cm³/mol. The van der Waals surface area contributed by atoms with E-state index in [1.807, 2.05) is 0 Å². The first-order valence-corrected chi connectivity index (χ1v) is 13.1. The second-order valence-electron chi connectivity index (χ2n) is 7.36. The van der Waals surface area contributed by atoms with E-state index in [0.717, 1.165) is 16.7 Å². The van der Waals surface area contributed by atoms with Crippen LogP contribution in [0.15, 0.2) is 51.4 Å². The van der Waals surface area contributed by atoms with E-state index in [9.17, 15) is 17.6 Å². The highest BCUT2D eigenvalue weighted by Crippen LogP contribution is 2.38. The third-order valence-electron chi connectivity index (χ3n) is 4.77. The number of ether oxygens (including phenoxy) is 2. The highest BCUT2D eigenvalue weighted by molar-refractivity contribution is 8.16. The van der Waals surface area contributed by atoms with Crippen molar-refractivity contribution in [3.05, 3.63) is 63.9 Å². The first-order valence-electron chi connectivity index (χ1n) is 10.1. The van der Waals surface area contributed by atoms with Crippen molar-refractivity contribution in [2.45, 2.75) is 13.5 Å². The van der Waals surface area contributed by atoms with Crippen LogP contribution in [-0.4, -0.2) is 48.3 Å². The lowest BCUT2D eigenvalue weighted by Gasteiger charge is -2.24. The minimum Gasteiger partial charge on any atom is -0.490 e. The highest BCUT2D eigenvalue weighted by atomic mass is 35.5. The second kappa shape index (κ2) is 9.80. The Bertz CT molecular complexity index is 1420. The number of nitrogens with zero attached hydrogens (tertiary/aromatic N) is 3. The zero-order valence-corrected chi connectivity index (χ0v) is 20.8. The number of benzene rings is 2. The molecule has 2 aliphatic heterocycles. The van der Waals surface area contributed by atoms with E-state index in [1.54, 1.807) is 25.1 Å². The average Bonchev–Trinajstić information content (AvgIpc) is 3.22. The number of halogens is 2. The number of aliphatic imine (C=N–C) groups is 1. The number of rotatable bonds is 6. The Morgan fingerprint density at radius 1 is 1.23 bits per heavy atom. The minimum absolute atomic E-state index is 0.00449. The molecule has 0 fully saturated rings. The Hall–Kier alpha value is -3.22. The summed E-state index contributed by atoms with van der Waals surface area (Å²) in [6, 6.07) is 8.90. The number of carbonyl (C=O) groups is 1. The molecule has 0 saturated heterocycles. The molecule has 0 unspecified atom stereocenters. The van der Waals surface area contributed by atoms with Crippen LogP contribution in [-0.2, 0) is 21.2 Å². The molecule has 9 nitrogen and oxygen atoms in total. The second-order valence-corrected chi connectivity index (χ2v) is 10.4. The van der Waals surface area contributed by atoms with Gasteiger partial charge in [-0.15, -0.1) is 0 Å². The average molecular weight is 537 g/mol. The summed E-state index contributed by atoms with van der Waals surface area (Å²) in [5.41, 5.74) is 0.980. The molecular weight excluding hydrogens is 519 g/mol. The van der Waals surface area contributed by atoms with Crippen LogP contribution in [0.2, 0.25) is 5.02 Å². The molecule has 1 amide bonds. The molecule has 0 aliphatic carbocycles. The maximum absolute atomic E-state index is 13.1. The third-order valence-corrected chi connectivity index (χ3v) is 6.80. The number of hydrogen-bond acceptors (Lipinski definition) is 8. The number of fused-ring (bicyclic) bond motifs is 1. The van der Waals surface area contributed by atoms with E-state index >= 15 is 0 Å².